The van der Waals surface area contributed by atoms with E-state index in [9.17, 15) is 18.0 Å². The van der Waals surface area contributed by atoms with Crippen LogP contribution in [0, 0.1) is 12.3 Å². The lowest BCUT2D eigenvalue weighted by molar-refractivity contribution is -0.130. The van der Waals surface area contributed by atoms with Crippen molar-refractivity contribution in [3.05, 3.63) is 65.2 Å². The van der Waals surface area contributed by atoms with Gasteiger partial charge in [0.15, 0.2) is 5.78 Å². The molecule has 3 rings (SSSR count). The molecule has 30 heavy (non-hydrogen) atoms. The molecule has 0 radical (unpaired) electrons. The molecule has 0 saturated heterocycles. The van der Waals surface area contributed by atoms with Gasteiger partial charge >= 0.3 is 0 Å². The molecule has 0 aliphatic heterocycles. The van der Waals surface area contributed by atoms with E-state index in [1.165, 1.54) is 12.1 Å². The van der Waals surface area contributed by atoms with E-state index < -0.39 is 21.0 Å². The summed E-state index contributed by atoms with van der Waals surface area (Å²) in [6.45, 7) is 7.42. The van der Waals surface area contributed by atoms with Gasteiger partial charge in [-0.05, 0) is 58.2 Å². The summed E-state index contributed by atoms with van der Waals surface area (Å²) in [6.07, 6.45) is 0.337. The molecular formula is C23H28N2O4S. The van der Waals surface area contributed by atoms with Crippen molar-refractivity contribution in [3.8, 4) is 0 Å². The number of carbonyl (C=O) groups is 2. The molecule has 0 fully saturated rings. The van der Waals surface area contributed by atoms with E-state index in [1.807, 2.05) is 39.8 Å². The molecule has 2 aromatic rings. The lowest BCUT2D eigenvalue weighted by Gasteiger charge is -2.31. The van der Waals surface area contributed by atoms with Crippen LogP contribution >= 0.6 is 0 Å². The van der Waals surface area contributed by atoms with Gasteiger partial charge in [-0.25, -0.2) is 13.1 Å². The van der Waals surface area contributed by atoms with Gasteiger partial charge in [0.05, 0.1) is 4.90 Å². The topological polar surface area (TPSA) is 92.3 Å². The van der Waals surface area contributed by atoms with Gasteiger partial charge in [0, 0.05) is 17.6 Å². The minimum absolute atomic E-state index is 0.0203. The normalized spacial score (nSPS) is 18.9. The van der Waals surface area contributed by atoms with Gasteiger partial charge in [-0.1, -0.05) is 42.0 Å². The van der Waals surface area contributed by atoms with E-state index in [2.05, 4.69) is 10.0 Å². The van der Waals surface area contributed by atoms with Crippen molar-refractivity contribution in [3.63, 3.8) is 0 Å². The molecule has 2 aromatic carbocycles. The van der Waals surface area contributed by atoms with Gasteiger partial charge in [-0.15, -0.1) is 0 Å². The number of fused-ring (bicyclic) bond motifs is 1. The van der Waals surface area contributed by atoms with Crippen LogP contribution in [0.3, 0.4) is 0 Å². The fourth-order valence-corrected chi connectivity index (χ4v) is 4.75. The van der Waals surface area contributed by atoms with Gasteiger partial charge in [-0.3, -0.25) is 9.59 Å². The first-order chi connectivity index (χ1) is 13.9. The molecule has 7 heteroatoms. The highest BCUT2D eigenvalue weighted by Gasteiger charge is 2.51. The first kappa shape index (κ1) is 22.2. The highest BCUT2D eigenvalue weighted by molar-refractivity contribution is 7.89. The largest absolute Gasteiger partial charge is 0.351 e. The van der Waals surface area contributed by atoms with Gasteiger partial charge in [0.2, 0.25) is 15.9 Å². The Morgan fingerprint density at radius 1 is 1.07 bits per heavy atom. The third-order valence-electron chi connectivity index (χ3n) is 5.29. The van der Waals surface area contributed by atoms with E-state index in [0.29, 0.717) is 5.56 Å². The number of Topliss-reactive ketones (excluding diaryl/α,β-unsaturated/α-hetero) is 1. The van der Waals surface area contributed by atoms with Crippen LogP contribution in [0.1, 0.15) is 48.7 Å². The molecule has 0 heterocycles. The SMILES string of the molecule is Cc1ccc(S(=O)(=O)NCC[C@@]2(C(=O)NC(C)(C)C)Cc3ccccc3C2=O)cc1. The zero-order valence-corrected chi connectivity index (χ0v) is 18.6. The maximum Gasteiger partial charge on any atom is 0.240 e. The Morgan fingerprint density at radius 2 is 1.70 bits per heavy atom. The lowest BCUT2D eigenvalue weighted by Crippen LogP contribution is -2.52. The molecule has 160 valence electrons. The highest BCUT2D eigenvalue weighted by atomic mass is 32.2. The third-order valence-corrected chi connectivity index (χ3v) is 6.76. The lowest BCUT2D eigenvalue weighted by atomic mass is 9.78. The average Bonchev–Trinajstić information content (AvgIpc) is 2.94. The molecule has 1 atom stereocenters. The van der Waals surface area contributed by atoms with Crippen LogP contribution in [0.2, 0.25) is 0 Å². The van der Waals surface area contributed by atoms with E-state index in [-0.39, 0.29) is 36.0 Å². The number of carbonyl (C=O) groups excluding carboxylic acids is 2. The number of hydrogen-bond donors (Lipinski definition) is 2. The van der Waals surface area contributed by atoms with Gasteiger partial charge in [-0.2, -0.15) is 0 Å². The van der Waals surface area contributed by atoms with Gasteiger partial charge in [0.25, 0.3) is 0 Å². The van der Waals surface area contributed by atoms with Crippen LogP contribution in [-0.4, -0.2) is 32.2 Å². The summed E-state index contributed by atoms with van der Waals surface area (Å²) in [7, 11) is -3.73. The summed E-state index contributed by atoms with van der Waals surface area (Å²) in [5.41, 5.74) is 0.463. The zero-order valence-electron chi connectivity index (χ0n) is 17.8. The Bertz CT molecular complexity index is 1070. The number of amides is 1. The molecule has 0 bridgehead atoms. The minimum Gasteiger partial charge on any atom is -0.351 e. The molecule has 1 amide bonds. The standard InChI is InChI=1S/C23H28N2O4S/c1-16-9-11-18(12-10-16)30(28,29)24-14-13-23(21(27)25-22(2,3)4)15-17-7-5-6-8-19(17)20(23)26/h5-12,24H,13-15H2,1-4H3,(H,25,27)/t23-/m1/s1. The number of aryl methyl sites for hydroxylation is 1. The average molecular weight is 429 g/mol. The number of sulfonamides is 1. The first-order valence-corrected chi connectivity index (χ1v) is 11.4. The molecule has 0 spiro atoms. The number of ketones is 1. The van der Waals surface area contributed by atoms with Crippen molar-refractivity contribution in [2.45, 2.75) is 51.0 Å². The predicted molar refractivity (Wildman–Crippen MR) is 116 cm³/mol. The third kappa shape index (κ3) is 4.47. The van der Waals surface area contributed by atoms with Crippen LogP contribution in [0.4, 0.5) is 0 Å². The molecular weight excluding hydrogens is 400 g/mol. The number of rotatable bonds is 6. The Balaban J connectivity index is 1.83. The van der Waals surface area contributed by atoms with Crippen molar-refractivity contribution in [2.24, 2.45) is 5.41 Å². The van der Waals surface area contributed by atoms with E-state index in [0.717, 1.165) is 11.1 Å². The maximum atomic E-state index is 13.3. The quantitative estimate of drug-likeness (QED) is 0.692. The Morgan fingerprint density at radius 3 is 2.30 bits per heavy atom. The second-order valence-electron chi connectivity index (χ2n) is 8.91. The molecule has 2 N–H and O–H groups in total. The van der Waals surface area contributed by atoms with E-state index in [1.54, 1.807) is 24.3 Å². The summed E-state index contributed by atoms with van der Waals surface area (Å²) in [4.78, 5) is 26.6. The van der Waals surface area contributed by atoms with Crippen LogP contribution in [0.25, 0.3) is 0 Å². The number of nitrogens with one attached hydrogen (secondary N) is 2. The summed E-state index contributed by atoms with van der Waals surface area (Å²) < 4.78 is 27.8. The van der Waals surface area contributed by atoms with Crippen molar-refractivity contribution < 1.29 is 18.0 Å². The summed E-state index contributed by atoms with van der Waals surface area (Å²) in [6, 6.07) is 13.7. The molecule has 1 aliphatic carbocycles. The predicted octanol–water partition coefficient (Wildman–Crippen LogP) is 3.00. The Kier molecular flexibility index (Phi) is 5.89. The Labute approximate surface area is 178 Å². The summed E-state index contributed by atoms with van der Waals surface area (Å²) in [5.74, 6) is -0.625. The first-order valence-electron chi connectivity index (χ1n) is 9.96. The van der Waals surface area contributed by atoms with Crippen molar-refractivity contribution in [1.82, 2.24) is 10.0 Å². The number of hydrogen-bond acceptors (Lipinski definition) is 4. The fraction of sp³-hybridized carbons (Fsp3) is 0.391. The zero-order chi connectivity index (χ0) is 22.2. The van der Waals surface area contributed by atoms with Crippen LogP contribution in [-0.2, 0) is 21.2 Å². The van der Waals surface area contributed by atoms with Gasteiger partial charge < -0.3 is 5.32 Å². The Hall–Kier alpha value is -2.51. The number of benzene rings is 2. The van der Waals surface area contributed by atoms with Crippen molar-refractivity contribution in [1.29, 1.82) is 0 Å². The summed E-state index contributed by atoms with van der Waals surface area (Å²) >= 11 is 0. The molecule has 0 aromatic heterocycles. The van der Waals surface area contributed by atoms with E-state index >= 15 is 0 Å². The van der Waals surface area contributed by atoms with Crippen LogP contribution < -0.4 is 10.0 Å². The molecule has 6 nitrogen and oxygen atoms in total. The fourth-order valence-electron chi connectivity index (χ4n) is 3.72. The minimum atomic E-state index is -3.73. The second kappa shape index (κ2) is 7.96. The monoisotopic (exact) mass is 428 g/mol. The maximum absolute atomic E-state index is 13.3. The molecule has 1 aliphatic rings. The van der Waals surface area contributed by atoms with Crippen LogP contribution in [0.5, 0.6) is 0 Å². The molecule has 0 unspecified atom stereocenters. The van der Waals surface area contributed by atoms with E-state index in [4.69, 9.17) is 0 Å². The summed E-state index contributed by atoms with van der Waals surface area (Å²) in [5, 5.41) is 2.92. The smallest absolute Gasteiger partial charge is 0.240 e. The second-order valence-corrected chi connectivity index (χ2v) is 10.7. The van der Waals surface area contributed by atoms with Crippen molar-refractivity contribution in [2.75, 3.05) is 6.54 Å². The molecule has 0 saturated carbocycles. The highest BCUT2D eigenvalue weighted by Crippen LogP contribution is 2.40. The van der Waals surface area contributed by atoms with Crippen LogP contribution in [0.15, 0.2) is 53.4 Å². The van der Waals surface area contributed by atoms with Gasteiger partial charge in [0.1, 0.15) is 5.41 Å². The van der Waals surface area contributed by atoms with Crippen molar-refractivity contribution >= 4 is 21.7 Å².